The SMILES string of the molecule is CCC1CN(C2N=C(N(C)C)SS2)CCN1.CCC1CN(C2N=C(N(C)C)SS2)CCN1.O=C(O)C(=O)O. The number of hydrogen-bond acceptors (Lipinski definition) is 14. The number of hydrogen-bond donors (Lipinski definition) is 4. The summed E-state index contributed by atoms with van der Waals surface area (Å²) in [6.45, 7) is 11.1. The van der Waals surface area contributed by atoms with Crippen molar-refractivity contribution in [1.82, 2.24) is 30.2 Å². The molecule has 2 saturated heterocycles. The molecule has 0 aromatic carbocycles. The van der Waals surface area contributed by atoms with E-state index in [-0.39, 0.29) is 0 Å². The van der Waals surface area contributed by atoms with E-state index in [1.165, 1.54) is 12.8 Å². The second kappa shape index (κ2) is 17.0. The van der Waals surface area contributed by atoms with Gasteiger partial charge in [0.25, 0.3) is 0 Å². The van der Waals surface area contributed by atoms with Crippen LogP contribution in [-0.4, -0.2) is 143 Å². The van der Waals surface area contributed by atoms with E-state index in [0.717, 1.165) is 49.6 Å². The van der Waals surface area contributed by atoms with E-state index >= 15 is 0 Å². The predicted octanol–water partition coefficient (Wildman–Crippen LogP) is 1.69. The molecular weight excluding hydrogens is 569 g/mol. The molecule has 4 N–H and O–H groups in total. The average Bonchev–Trinajstić information content (AvgIpc) is 3.60. The molecule has 4 rings (SSSR count). The Hall–Kier alpha value is -0.880. The Labute approximate surface area is 242 Å². The molecule has 4 unspecified atom stereocenters. The topological polar surface area (TPSA) is 136 Å². The Morgan fingerprint density at radius 2 is 1.18 bits per heavy atom. The van der Waals surface area contributed by atoms with Crippen molar-refractivity contribution in [2.24, 2.45) is 9.98 Å². The zero-order valence-electron chi connectivity index (χ0n) is 23.0. The largest absolute Gasteiger partial charge is 0.473 e. The van der Waals surface area contributed by atoms with Gasteiger partial charge in [-0.05, 0) is 56.0 Å². The highest BCUT2D eigenvalue weighted by Crippen LogP contribution is 2.39. The highest BCUT2D eigenvalue weighted by atomic mass is 33.1. The molecule has 0 bridgehead atoms. The maximum Gasteiger partial charge on any atom is 0.414 e. The molecule has 2 fully saturated rings. The molecule has 16 heteroatoms. The first kappa shape index (κ1) is 33.3. The number of aliphatic carboxylic acids is 2. The monoisotopic (exact) mass is 610 g/mol. The van der Waals surface area contributed by atoms with Crippen LogP contribution in [0.2, 0.25) is 0 Å². The van der Waals surface area contributed by atoms with Crippen molar-refractivity contribution < 1.29 is 19.8 Å². The first-order valence-corrected chi connectivity index (χ1v) is 17.1. The molecule has 0 aliphatic carbocycles. The number of nitrogens with one attached hydrogen (secondary N) is 2. The fourth-order valence-corrected chi connectivity index (χ4v) is 8.91. The van der Waals surface area contributed by atoms with Crippen LogP contribution in [0.25, 0.3) is 0 Å². The molecule has 4 aliphatic rings. The molecule has 0 saturated carbocycles. The molecule has 0 amide bonds. The fourth-order valence-electron chi connectivity index (χ4n) is 3.76. The molecule has 4 aliphatic heterocycles. The second-order valence-corrected chi connectivity index (χ2v) is 13.8. The normalized spacial score (nSPS) is 27.7. The van der Waals surface area contributed by atoms with Gasteiger partial charge in [0, 0.05) is 79.5 Å². The maximum absolute atomic E-state index is 9.10. The average molecular weight is 611 g/mol. The van der Waals surface area contributed by atoms with Gasteiger partial charge in [0.05, 0.1) is 0 Å². The van der Waals surface area contributed by atoms with Gasteiger partial charge >= 0.3 is 11.9 Å². The Kier molecular flexibility index (Phi) is 15.0. The summed E-state index contributed by atoms with van der Waals surface area (Å²) in [5.74, 6) is -3.65. The van der Waals surface area contributed by atoms with E-state index in [9.17, 15) is 0 Å². The van der Waals surface area contributed by atoms with Crippen LogP contribution in [0.15, 0.2) is 9.98 Å². The number of amidine groups is 2. The highest BCUT2D eigenvalue weighted by Gasteiger charge is 2.31. The third kappa shape index (κ3) is 10.9. The van der Waals surface area contributed by atoms with Gasteiger partial charge in [0.15, 0.2) is 21.3 Å². The molecule has 4 atom stereocenters. The van der Waals surface area contributed by atoms with Crippen LogP contribution in [0.4, 0.5) is 0 Å². The molecule has 4 heterocycles. The van der Waals surface area contributed by atoms with Gasteiger partial charge in [-0.1, -0.05) is 13.8 Å². The van der Waals surface area contributed by atoms with Crippen LogP contribution in [0.5, 0.6) is 0 Å². The lowest BCUT2D eigenvalue weighted by Gasteiger charge is -2.34. The number of rotatable bonds is 4. The van der Waals surface area contributed by atoms with Gasteiger partial charge < -0.3 is 30.6 Å². The van der Waals surface area contributed by atoms with Crippen LogP contribution in [0.3, 0.4) is 0 Å². The fraction of sp³-hybridized carbons (Fsp3) is 0.818. The molecule has 0 radical (unpaired) electrons. The number of carboxylic acid groups (broad SMARTS) is 2. The van der Waals surface area contributed by atoms with Gasteiger partial charge in [-0.2, -0.15) is 0 Å². The van der Waals surface area contributed by atoms with Crippen LogP contribution < -0.4 is 10.6 Å². The van der Waals surface area contributed by atoms with E-state index in [1.54, 1.807) is 21.6 Å². The highest BCUT2D eigenvalue weighted by molar-refractivity contribution is 8.83. The van der Waals surface area contributed by atoms with Gasteiger partial charge in [-0.3, -0.25) is 9.80 Å². The van der Waals surface area contributed by atoms with Crippen molar-refractivity contribution >= 4 is 65.4 Å². The third-order valence-electron chi connectivity index (χ3n) is 5.99. The van der Waals surface area contributed by atoms with Crippen molar-refractivity contribution in [2.45, 2.75) is 49.8 Å². The molecule has 218 valence electrons. The zero-order valence-corrected chi connectivity index (χ0v) is 26.3. The van der Waals surface area contributed by atoms with Gasteiger partial charge in [-0.25, -0.2) is 19.6 Å². The minimum atomic E-state index is -1.82. The van der Waals surface area contributed by atoms with Gasteiger partial charge in [0.2, 0.25) is 0 Å². The minimum absolute atomic E-state index is 0.318. The van der Waals surface area contributed by atoms with Crippen LogP contribution >= 0.6 is 43.2 Å². The van der Waals surface area contributed by atoms with Gasteiger partial charge in [0.1, 0.15) is 0 Å². The van der Waals surface area contributed by atoms with E-state index in [1.807, 2.05) is 21.6 Å². The van der Waals surface area contributed by atoms with Crippen molar-refractivity contribution in [3.05, 3.63) is 0 Å². The molecule has 0 aromatic heterocycles. The molecule has 0 aromatic rings. The smallest absolute Gasteiger partial charge is 0.414 e. The summed E-state index contributed by atoms with van der Waals surface area (Å²) in [6, 6.07) is 1.27. The lowest BCUT2D eigenvalue weighted by molar-refractivity contribution is -0.159. The summed E-state index contributed by atoms with van der Waals surface area (Å²) >= 11 is 0. The lowest BCUT2D eigenvalue weighted by atomic mass is 10.2. The maximum atomic E-state index is 9.10. The second-order valence-electron chi connectivity index (χ2n) is 9.34. The summed E-state index contributed by atoms with van der Waals surface area (Å²) in [5.41, 5.74) is 0.636. The zero-order chi connectivity index (χ0) is 28.2. The Bertz CT molecular complexity index is 769. The Morgan fingerprint density at radius 1 is 0.816 bits per heavy atom. The molecule has 12 nitrogen and oxygen atoms in total. The number of nitrogens with zero attached hydrogens (tertiary/aromatic N) is 6. The predicted molar refractivity (Wildman–Crippen MR) is 163 cm³/mol. The summed E-state index contributed by atoms with van der Waals surface area (Å²) in [4.78, 5) is 36.9. The first-order valence-electron chi connectivity index (χ1n) is 12.6. The molecular formula is C22H42N8O4S4. The van der Waals surface area contributed by atoms with Crippen molar-refractivity contribution in [2.75, 3.05) is 67.5 Å². The van der Waals surface area contributed by atoms with Crippen molar-refractivity contribution in [3.8, 4) is 0 Å². The Morgan fingerprint density at radius 3 is 1.45 bits per heavy atom. The van der Waals surface area contributed by atoms with E-state index in [0.29, 0.717) is 23.1 Å². The minimum Gasteiger partial charge on any atom is -0.473 e. The summed E-state index contributed by atoms with van der Waals surface area (Å²) in [5, 5.41) is 24.1. The van der Waals surface area contributed by atoms with Crippen molar-refractivity contribution in [3.63, 3.8) is 0 Å². The first-order chi connectivity index (χ1) is 18.0. The van der Waals surface area contributed by atoms with Gasteiger partial charge in [-0.15, -0.1) is 0 Å². The third-order valence-corrected chi connectivity index (χ3v) is 11.1. The number of piperazine rings is 2. The summed E-state index contributed by atoms with van der Waals surface area (Å²) in [7, 11) is 15.5. The molecule has 38 heavy (non-hydrogen) atoms. The van der Waals surface area contributed by atoms with E-state index in [4.69, 9.17) is 29.8 Å². The van der Waals surface area contributed by atoms with Crippen LogP contribution in [0, 0.1) is 0 Å². The van der Waals surface area contributed by atoms with E-state index in [2.05, 4.69) is 72.3 Å². The lowest BCUT2D eigenvalue weighted by Crippen LogP contribution is -2.52. The quantitative estimate of drug-likeness (QED) is 0.271. The van der Waals surface area contributed by atoms with E-state index < -0.39 is 11.9 Å². The van der Waals surface area contributed by atoms with Crippen LogP contribution in [-0.2, 0) is 9.59 Å². The number of aliphatic imine (C=N–C) groups is 2. The Balaban J connectivity index is 0.000000221. The molecule has 0 spiro atoms. The summed E-state index contributed by atoms with van der Waals surface area (Å²) in [6.07, 6.45) is 2.40. The standard InChI is InChI=1S/2C10H20N4S2.C2H2O4/c2*1-4-8-7-14(6-5-11-8)10-12-9(13(2)3)15-16-10;3-1(4)2(5)6/h2*8,10-11H,4-7H2,1-3H3;(H,3,4)(H,5,6). The van der Waals surface area contributed by atoms with Crippen molar-refractivity contribution in [1.29, 1.82) is 0 Å². The number of carboxylic acids is 2. The summed E-state index contributed by atoms with van der Waals surface area (Å²) < 4.78 is 0. The van der Waals surface area contributed by atoms with Crippen LogP contribution in [0.1, 0.15) is 26.7 Å². The number of carbonyl (C=O) groups is 2.